The number of nitrogens with zero attached hydrogens (tertiary/aromatic N) is 4. The first-order valence-electron chi connectivity index (χ1n) is 8.13. The minimum Gasteiger partial charge on any atom is -0.302 e. The van der Waals surface area contributed by atoms with Gasteiger partial charge in [-0.3, -0.25) is 4.68 Å². The molecule has 0 N–H and O–H groups in total. The largest absolute Gasteiger partial charge is 0.302 e. The Morgan fingerprint density at radius 1 is 1.19 bits per heavy atom. The Bertz CT molecular complexity index is 685. The van der Waals surface area contributed by atoms with Crippen LogP contribution in [-0.4, -0.2) is 39.3 Å². The summed E-state index contributed by atoms with van der Waals surface area (Å²) in [6.45, 7) is 3.27. The van der Waals surface area contributed by atoms with Crippen LogP contribution in [0.25, 0.3) is 11.0 Å². The average Bonchev–Trinajstić information content (AvgIpc) is 2.99. The van der Waals surface area contributed by atoms with Gasteiger partial charge < -0.3 is 4.90 Å². The molecule has 2 aliphatic rings. The summed E-state index contributed by atoms with van der Waals surface area (Å²) in [6.07, 6.45) is 6.57. The lowest BCUT2D eigenvalue weighted by Crippen LogP contribution is -2.44. The number of likely N-dealkylation sites (tertiary alicyclic amines) is 1. The van der Waals surface area contributed by atoms with Gasteiger partial charge in [-0.1, -0.05) is 12.8 Å². The Hall–Kier alpha value is -1.42. The lowest BCUT2D eigenvalue weighted by molar-refractivity contribution is 0.178. The van der Waals surface area contributed by atoms with Crippen molar-refractivity contribution < 1.29 is 0 Å². The monoisotopic (exact) mass is 284 g/mol. The second kappa shape index (κ2) is 4.54. The second-order valence-corrected chi connectivity index (χ2v) is 6.93. The molecule has 0 spiro atoms. The van der Waals surface area contributed by atoms with E-state index in [4.69, 9.17) is 4.98 Å². The fourth-order valence-corrected chi connectivity index (χ4v) is 4.69. The summed E-state index contributed by atoms with van der Waals surface area (Å²) >= 11 is 0. The van der Waals surface area contributed by atoms with Crippen molar-refractivity contribution in [3.8, 4) is 0 Å². The third kappa shape index (κ3) is 1.78. The highest BCUT2D eigenvalue weighted by molar-refractivity contribution is 5.78. The van der Waals surface area contributed by atoms with Crippen LogP contribution in [0, 0.1) is 6.92 Å². The number of likely N-dealkylation sites (N-methyl/N-ethyl adjacent to an activating group) is 1. The molecule has 0 unspecified atom stereocenters. The highest BCUT2D eigenvalue weighted by Gasteiger charge is 2.49. The molecule has 112 valence electrons. The van der Waals surface area contributed by atoms with Gasteiger partial charge in [0.15, 0.2) is 5.65 Å². The van der Waals surface area contributed by atoms with Crippen molar-refractivity contribution in [2.75, 3.05) is 13.6 Å². The number of fused-ring (bicyclic) bond motifs is 2. The van der Waals surface area contributed by atoms with E-state index in [-0.39, 0.29) is 5.41 Å². The quantitative estimate of drug-likeness (QED) is 0.807. The van der Waals surface area contributed by atoms with Gasteiger partial charge in [0, 0.05) is 23.9 Å². The summed E-state index contributed by atoms with van der Waals surface area (Å²) < 4.78 is 1.93. The predicted molar refractivity (Wildman–Crippen MR) is 84.4 cm³/mol. The maximum absolute atomic E-state index is 5.06. The molecule has 2 atom stereocenters. The van der Waals surface area contributed by atoms with Crippen LogP contribution in [0.1, 0.15) is 43.5 Å². The summed E-state index contributed by atoms with van der Waals surface area (Å²) in [5.74, 6) is 0. The zero-order valence-electron chi connectivity index (χ0n) is 13.3. The van der Waals surface area contributed by atoms with Gasteiger partial charge in [-0.15, -0.1) is 0 Å². The van der Waals surface area contributed by atoms with Gasteiger partial charge in [-0.25, -0.2) is 4.98 Å². The maximum Gasteiger partial charge on any atom is 0.158 e. The number of rotatable bonds is 1. The molecular weight excluding hydrogens is 260 g/mol. The van der Waals surface area contributed by atoms with Crippen LogP contribution in [-0.2, 0) is 12.5 Å². The molecule has 1 aliphatic heterocycles. The van der Waals surface area contributed by atoms with Crippen molar-refractivity contribution >= 4 is 11.0 Å². The third-order valence-corrected chi connectivity index (χ3v) is 5.81. The maximum atomic E-state index is 5.06. The van der Waals surface area contributed by atoms with Crippen molar-refractivity contribution in [2.24, 2.45) is 7.05 Å². The molecular formula is C17H24N4. The van der Waals surface area contributed by atoms with Crippen LogP contribution in [0.2, 0.25) is 0 Å². The van der Waals surface area contributed by atoms with Crippen LogP contribution in [0.15, 0.2) is 12.1 Å². The minimum atomic E-state index is 0.277. The van der Waals surface area contributed by atoms with E-state index in [0.29, 0.717) is 6.04 Å². The molecule has 4 rings (SSSR count). The zero-order valence-corrected chi connectivity index (χ0v) is 13.3. The van der Waals surface area contributed by atoms with E-state index in [1.807, 2.05) is 11.7 Å². The summed E-state index contributed by atoms with van der Waals surface area (Å²) in [5, 5.41) is 5.71. The van der Waals surface area contributed by atoms with Crippen LogP contribution < -0.4 is 0 Å². The molecule has 1 saturated heterocycles. The van der Waals surface area contributed by atoms with E-state index in [2.05, 4.69) is 36.1 Å². The van der Waals surface area contributed by atoms with Gasteiger partial charge in [0.05, 0.1) is 11.4 Å². The van der Waals surface area contributed by atoms with Gasteiger partial charge in [0.25, 0.3) is 0 Å². The number of pyridine rings is 1. The smallest absolute Gasteiger partial charge is 0.158 e. The lowest BCUT2D eigenvalue weighted by Gasteiger charge is -2.40. The summed E-state index contributed by atoms with van der Waals surface area (Å²) in [6, 6.07) is 5.18. The average molecular weight is 284 g/mol. The van der Waals surface area contributed by atoms with E-state index in [1.54, 1.807) is 0 Å². The molecule has 0 aromatic carbocycles. The number of aromatic nitrogens is 3. The van der Waals surface area contributed by atoms with E-state index < -0.39 is 0 Å². The van der Waals surface area contributed by atoms with Gasteiger partial charge in [-0.2, -0.15) is 5.10 Å². The fourth-order valence-electron chi connectivity index (χ4n) is 4.69. The first-order valence-corrected chi connectivity index (χ1v) is 8.13. The Kier molecular flexibility index (Phi) is 2.86. The van der Waals surface area contributed by atoms with Crippen LogP contribution >= 0.6 is 0 Å². The van der Waals surface area contributed by atoms with E-state index >= 15 is 0 Å². The third-order valence-electron chi connectivity index (χ3n) is 5.81. The van der Waals surface area contributed by atoms with E-state index in [1.165, 1.54) is 49.7 Å². The minimum absolute atomic E-state index is 0.277. The molecule has 0 amide bonds. The van der Waals surface area contributed by atoms with E-state index in [0.717, 1.165) is 11.3 Å². The van der Waals surface area contributed by atoms with Gasteiger partial charge >= 0.3 is 0 Å². The predicted octanol–water partition coefficient (Wildman–Crippen LogP) is 2.79. The van der Waals surface area contributed by atoms with Crippen molar-refractivity contribution in [3.63, 3.8) is 0 Å². The molecule has 2 aromatic rings. The fraction of sp³-hybridized carbons (Fsp3) is 0.647. The first kappa shape index (κ1) is 13.3. The molecule has 2 fully saturated rings. The lowest BCUT2D eigenvalue weighted by atomic mass is 9.68. The normalized spacial score (nSPS) is 30.0. The standard InChI is InChI=1S/C17H24N4/c1-12-13-7-8-14(18-16(13)21(3)19-12)17-9-5-4-6-15(17)20(2)11-10-17/h7-8,15H,4-6,9-11H2,1-3H3/t15-,17-/m0/s1. The molecule has 0 bridgehead atoms. The van der Waals surface area contributed by atoms with Crippen molar-refractivity contribution in [3.05, 3.63) is 23.5 Å². The molecule has 21 heavy (non-hydrogen) atoms. The molecule has 1 aliphatic carbocycles. The summed E-state index contributed by atoms with van der Waals surface area (Å²) in [5.41, 5.74) is 3.69. The van der Waals surface area contributed by atoms with Crippen LogP contribution in [0.4, 0.5) is 0 Å². The first-order chi connectivity index (χ1) is 10.1. The number of aryl methyl sites for hydroxylation is 2. The van der Waals surface area contributed by atoms with Gasteiger partial charge in [0.1, 0.15) is 0 Å². The Morgan fingerprint density at radius 3 is 2.90 bits per heavy atom. The Labute approximate surface area is 126 Å². The topological polar surface area (TPSA) is 34.0 Å². The van der Waals surface area contributed by atoms with Crippen LogP contribution in [0.3, 0.4) is 0 Å². The molecule has 4 nitrogen and oxygen atoms in total. The van der Waals surface area contributed by atoms with Crippen molar-refractivity contribution in [1.29, 1.82) is 0 Å². The molecule has 1 saturated carbocycles. The van der Waals surface area contributed by atoms with Crippen LogP contribution in [0.5, 0.6) is 0 Å². The molecule has 0 radical (unpaired) electrons. The molecule has 3 heterocycles. The number of hydrogen-bond acceptors (Lipinski definition) is 3. The highest BCUT2D eigenvalue weighted by atomic mass is 15.3. The molecule has 4 heteroatoms. The van der Waals surface area contributed by atoms with Gasteiger partial charge in [0.2, 0.25) is 0 Å². The van der Waals surface area contributed by atoms with E-state index in [9.17, 15) is 0 Å². The zero-order chi connectivity index (χ0) is 14.6. The highest BCUT2D eigenvalue weighted by Crippen LogP contribution is 2.47. The van der Waals surface area contributed by atoms with Crippen molar-refractivity contribution in [2.45, 2.75) is 50.5 Å². The Balaban J connectivity index is 1.86. The summed E-state index contributed by atoms with van der Waals surface area (Å²) in [4.78, 5) is 7.62. The second-order valence-electron chi connectivity index (χ2n) is 6.93. The van der Waals surface area contributed by atoms with Crippen molar-refractivity contribution in [1.82, 2.24) is 19.7 Å². The number of hydrogen-bond donors (Lipinski definition) is 0. The summed E-state index contributed by atoms with van der Waals surface area (Å²) in [7, 11) is 4.29. The van der Waals surface area contributed by atoms with Gasteiger partial charge in [-0.05, 0) is 51.9 Å². The molecule has 2 aromatic heterocycles. The SMILES string of the molecule is Cc1nn(C)c2nc([C@@]34CCCC[C@@H]3N(C)CC4)ccc12. The Morgan fingerprint density at radius 2 is 2.05 bits per heavy atom.